The van der Waals surface area contributed by atoms with E-state index in [0.717, 1.165) is 11.1 Å². The molecule has 0 radical (unpaired) electrons. The van der Waals surface area contributed by atoms with E-state index < -0.39 is 11.2 Å². The molecule has 0 saturated heterocycles. The quantitative estimate of drug-likeness (QED) is 0.397. The van der Waals surface area contributed by atoms with Gasteiger partial charge in [0.15, 0.2) is 0 Å². The molecule has 0 spiro atoms. The number of hydrogen-bond donors (Lipinski definition) is 1. The van der Waals surface area contributed by atoms with E-state index in [0.29, 0.717) is 38.2 Å². The fraction of sp³-hybridized carbons (Fsp3) is 0.517. The highest BCUT2D eigenvalue weighted by Gasteiger charge is 2.26. The first-order valence-corrected chi connectivity index (χ1v) is 12.4. The van der Waals surface area contributed by atoms with E-state index in [1.807, 2.05) is 65.8 Å². The van der Waals surface area contributed by atoms with Crippen LogP contribution in [0.3, 0.4) is 0 Å². The number of carbonyl (C=O) groups is 2. The molecule has 1 N–H and O–H groups in total. The number of benzene rings is 2. The fourth-order valence-corrected chi connectivity index (χ4v) is 3.57. The van der Waals surface area contributed by atoms with Gasteiger partial charge in [-0.1, -0.05) is 30.3 Å². The first kappa shape index (κ1) is 29.0. The van der Waals surface area contributed by atoms with Crippen molar-refractivity contribution in [3.8, 4) is 11.5 Å². The summed E-state index contributed by atoms with van der Waals surface area (Å²) >= 11 is 0. The lowest BCUT2D eigenvalue weighted by Gasteiger charge is -2.26. The van der Waals surface area contributed by atoms with Crippen LogP contribution in [0, 0.1) is 5.92 Å². The Labute approximate surface area is 215 Å². The van der Waals surface area contributed by atoms with Crippen LogP contribution >= 0.6 is 0 Å². The van der Waals surface area contributed by atoms with Crippen LogP contribution < -0.4 is 4.74 Å². The Morgan fingerprint density at radius 2 is 1.56 bits per heavy atom. The molecule has 2 aromatic carbocycles. The Bertz CT molecular complexity index is 1010. The van der Waals surface area contributed by atoms with E-state index in [-0.39, 0.29) is 23.7 Å². The molecule has 36 heavy (non-hydrogen) atoms. The molecule has 1 atom stereocenters. The van der Waals surface area contributed by atoms with Crippen molar-refractivity contribution in [1.29, 1.82) is 0 Å². The molecular formula is C29H41NO6. The third kappa shape index (κ3) is 11.0. The second kappa shape index (κ2) is 12.7. The largest absolute Gasteiger partial charge is 0.508 e. The van der Waals surface area contributed by atoms with Crippen LogP contribution in [-0.4, -0.2) is 46.9 Å². The van der Waals surface area contributed by atoms with E-state index in [1.54, 1.807) is 31.3 Å². The molecule has 0 heterocycles. The number of ether oxygens (including phenoxy) is 3. The van der Waals surface area contributed by atoms with Crippen molar-refractivity contribution in [2.24, 2.45) is 5.92 Å². The smallest absolute Gasteiger partial charge is 0.410 e. The van der Waals surface area contributed by atoms with Crippen molar-refractivity contribution in [3.05, 3.63) is 59.7 Å². The van der Waals surface area contributed by atoms with Crippen LogP contribution in [0.5, 0.6) is 11.5 Å². The van der Waals surface area contributed by atoms with Crippen LogP contribution in [0.1, 0.15) is 65.5 Å². The summed E-state index contributed by atoms with van der Waals surface area (Å²) in [6.07, 6.45) is 1.35. The van der Waals surface area contributed by atoms with Crippen LogP contribution in [0.2, 0.25) is 0 Å². The second-order valence-electron chi connectivity index (χ2n) is 11.1. The van der Waals surface area contributed by atoms with Gasteiger partial charge in [-0.3, -0.25) is 4.79 Å². The lowest BCUT2D eigenvalue weighted by molar-refractivity contribution is -0.160. The minimum atomic E-state index is -0.584. The maximum absolute atomic E-state index is 13.0. The SMILES string of the molecule is CN(CCC[C@H](Cc1cccc(COc2cccc(O)c2)c1)C(=O)OC(C)(C)C)C(=O)OC(C)(C)C. The summed E-state index contributed by atoms with van der Waals surface area (Å²) in [6.45, 7) is 11.9. The number of esters is 1. The molecule has 0 fully saturated rings. The van der Waals surface area contributed by atoms with Crippen molar-refractivity contribution < 1.29 is 28.9 Å². The lowest BCUT2D eigenvalue weighted by Crippen LogP contribution is -2.35. The second-order valence-corrected chi connectivity index (χ2v) is 11.1. The summed E-state index contributed by atoms with van der Waals surface area (Å²) in [6, 6.07) is 14.6. The first-order chi connectivity index (χ1) is 16.7. The van der Waals surface area contributed by atoms with Crippen molar-refractivity contribution in [3.63, 3.8) is 0 Å². The highest BCUT2D eigenvalue weighted by atomic mass is 16.6. The normalized spacial score (nSPS) is 12.5. The Kier molecular flexibility index (Phi) is 10.2. The number of nitrogens with zero attached hydrogens (tertiary/aromatic N) is 1. The average molecular weight is 500 g/mol. The van der Waals surface area contributed by atoms with Gasteiger partial charge in [0, 0.05) is 19.7 Å². The van der Waals surface area contributed by atoms with Crippen molar-refractivity contribution >= 4 is 12.1 Å². The van der Waals surface area contributed by atoms with Gasteiger partial charge in [-0.15, -0.1) is 0 Å². The molecule has 198 valence electrons. The maximum atomic E-state index is 13.0. The molecule has 2 rings (SSSR count). The minimum absolute atomic E-state index is 0.152. The Morgan fingerprint density at radius 3 is 2.19 bits per heavy atom. The molecule has 7 heteroatoms. The predicted octanol–water partition coefficient (Wildman–Crippen LogP) is 6.12. The van der Waals surface area contributed by atoms with Crippen LogP contribution in [-0.2, 0) is 27.3 Å². The number of hydrogen-bond acceptors (Lipinski definition) is 6. The van der Waals surface area contributed by atoms with Crippen LogP contribution in [0.25, 0.3) is 0 Å². The summed E-state index contributed by atoms with van der Waals surface area (Å²) < 4.78 is 16.9. The van der Waals surface area contributed by atoms with Gasteiger partial charge >= 0.3 is 12.1 Å². The highest BCUT2D eigenvalue weighted by molar-refractivity contribution is 5.73. The molecule has 0 saturated carbocycles. The Balaban J connectivity index is 2.03. The predicted molar refractivity (Wildman–Crippen MR) is 140 cm³/mol. The lowest BCUT2D eigenvalue weighted by atomic mass is 9.93. The standard InChI is InChI=1S/C29H41NO6/c1-28(2,3)35-26(32)23(13-10-16-30(7)27(33)36-29(4,5)6)18-21-11-8-12-22(17-21)20-34-25-15-9-14-24(31)19-25/h8-9,11-12,14-15,17,19,23,31H,10,13,16,18,20H2,1-7H3/t23-/m1/s1. The van der Waals surface area contributed by atoms with Crippen LogP contribution in [0.15, 0.2) is 48.5 Å². The summed E-state index contributed by atoms with van der Waals surface area (Å²) in [5.41, 5.74) is 0.825. The maximum Gasteiger partial charge on any atom is 0.410 e. The molecule has 0 aromatic heterocycles. The van der Waals surface area contributed by atoms with E-state index in [2.05, 4.69) is 0 Å². The number of amides is 1. The van der Waals surface area contributed by atoms with E-state index in [1.165, 1.54) is 4.90 Å². The van der Waals surface area contributed by atoms with Gasteiger partial charge in [-0.05, 0) is 84.1 Å². The summed E-state index contributed by atoms with van der Waals surface area (Å²) in [4.78, 5) is 26.8. The first-order valence-electron chi connectivity index (χ1n) is 12.4. The van der Waals surface area contributed by atoms with Gasteiger partial charge in [-0.2, -0.15) is 0 Å². The van der Waals surface area contributed by atoms with Gasteiger partial charge in [0.2, 0.25) is 0 Å². The van der Waals surface area contributed by atoms with Crippen molar-refractivity contribution in [2.45, 2.75) is 78.6 Å². The molecule has 0 aliphatic heterocycles. The van der Waals surface area contributed by atoms with Gasteiger partial charge < -0.3 is 24.2 Å². The number of rotatable bonds is 10. The zero-order valence-corrected chi connectivity index (χ0v) is 22.7. The monoisotopic (exact) mass is 499 g/mol. The van der Waals surface area contributed by atoms with Gasteiger partial charge in [0.1, 0.15) is 29.3 Å². The zero-order valence-electron chi connectivity index (χ0n) is 22.7. The van der Waals surface area contributed by atoms with E-state index in [4.69, 9.17) is 14.2 Å². The number of phenolic OH excluding ortho intramolecular Hbond substituents is 1. The molecule has 0 aliphatic carbocycles. The molecule has 0 unspecified atom stereocenters. The molecule has 7 nitrogen and oxygen atoms in total. The number of phenols is 1. The molecular weight excluding hydrogens is 458 g/mol. The van der Waals surface area contributed by atoms with Crippen molar-refractivity contribution in [1.82, 2.24) is 4.90 Å². The van der Waals surface area contributed by atoms with Gasteiger partial charge in [0.05, 0.1) is 5.92 Å². The average Bonchev–Trinajstić information content (AvgIpc) is 2.75. The third-order valence-electron chi connectivity index (χ3n) is 5.19. The summed E-state index contributed by atoms with van der Waals surface area (Å²) in [7, 11) is 1.70. The molecule has 2 aromatic rings. The van der Waals surface area contributed by atoms with Crippen molar-refractivity contribution in [2.75, 3.05) is 13.6 Å². The summed E-state index contributed by atoms with van der Waals surface area (Å²) in [5.74, 6) is 0.141. The minimum Gasteiger partial charge on any atom is -0.508 e. The molecule has 1 amide bonds. The number of carbonyl (C=O) groups excluding carboxylic acids is 2. The van der Waals surface area contributed by atoms with Gasteiger partial charge in [0.25, 0.3) is 0 Å². The molecule has 0 aliphatic rings. The summed E-state index contributed by atoms with van der Waals surface area (Å²) in [5, 5.41) is 9.62. The third-order valence-corrected chi connectivity index (χ3v) is 5.19. The number of aromatic hydroxyl groups is 1. The molecule has 0 bridgehead atoms. The highest BCUT2D eigenvalue weighted by Crippen LogP contribution is 2.22. The Hall–Kier alpha value is -3.22. The fourth-order valence-electron chi connectivity index (χ4n) is 3.57. The van der Waals surface area contributed by atoms with Gasteiger partial charge in [-0.25, -0.2) is 4.79 Å². The zero-order chi connectivity index (χ0) is 26.9. The van der Waals surface area contributed by atoms with Crippen LogP contribution in [0.4, 0.5) is 4.79 Å². The topological polar surface area (TPSA) is 85.3 Å². The van der Waals surface area contributed by atoms with E-state index >= 15 is 0 Å². The Morgan fingerprint density at radius 1 is 0.917 bits per heavy atom. The van der Waals surface area contributed by atoms with E-state index in [9.17, 15) is 14.7 Å².